The molecule has 1 N–H and O–H groups in total. The molecule has 4 amide bonds. The number of hydrogen-bond acceptors (Lipinski definition) is 6. The Morgan fingerprint density at radius 2 is 1.57 bits per heavy atom. The van der Waals surface area contributed by atoms with Crippen LogP contribution in [0.3, 0.4) is 0 Å². The van der Waals surface area contributed by atoms with Gasteiger partial charge in [0.15, 0.2) is 11.5 Å². The molecule has 224 valence electrons. The summed E-state index contributed by atoms with van der Waals surface area (Å²) in [5, 5.41) is 11.5. The van der Waals surface area contributed by atoms with Crippen molar-refractivity contribution >= 4 is 57.6 Å². The largest absolute Gasteiger partial charge is 0.504 e. The van der Waals surface area contributed by atoms with Crippen molar-refractivity contribution < 1.29 is 29.0 Å². The summed E-state index contributed by atoms with van der Waals surface area (Å²) < 4.78 is 6.71. The van der Waals surface area contributed by atoms with Gasteiger partial charge >= 0.3 is 0 Å². The Kier molecular flexibility index (Phi) is 6.91. The van der Waals surface area contributed by atoms with E-state index in [0.29, 0.717) is 30.0 Å². The second kappa shape index (κ2) is 10.6. The van der Waals surface area contributed by atoms with Gasteiger partial charge in [-0.25, -0.2) is 4.90 Å². The molecule has 2 aliphatic carbocycles. The van der Waals surface area contributed by atoms with Crippen LogP contribution >= 0.6 is 22.6 Å². The highest BCUT2D eigenvalue weighted by molar-refractivity contribution is 14.1. The van der Waals surface area contributed by atoms with Crippen LogP contribution in [0.4, 0.5) is 11.4 Å². The van der Waals surface area contributed by atoms with Crippen LogP contribution in [0.2, 0.25) is 0 Å². The van der Waals surface area contributed by atoms with Gasteiger partial charge in [-0.2, -0.15) is 0 Å². The SMILES string of the molecule is CCOc1cccc([C@H]2C3=CC[C@@H]4C(=O)N(c5ccc(I)cc5)C(=O)[C@@H]4[C@@H]3C[C@H]3C(=O)N(c4ccccc4)C(=O)[C@@]23C)c1O. The summed E-state index contributed by atoms with van der Waals surface area (Å²) in [6.07, 6.45) is 2.56. The van der Waals surface area contributed by atoms with Crippen LogP contribution in [0.25, 0.3) is 0 Å². The lowest BCUT2D eigenvalue weighted by Crippen LogP contribution is -2.48. The molecule has 0 radical (unpaired) electrons. The number of imide groups is 2. The molecular formula is C35H31IN2O6. The van der Waals surface area contributed by atoms with Gasteiger partial charge in [-0.1, -0.05) is 42.0 Å². The second-order valence-corrected chi connectivity index (χ2v) is 13.4. The Balaban J connectivity index is 1.38. The van der Waals surface area contributed by atoms with Crippen LogP contribution in [0.1, 0.15) is 38.2 Å². The molecule has 7 rings (SSSR count). The Morgan fingerprint density at radius 1 is 0.864 bits per heavy atom. The Hall–Kier alpha value is -3.99. The average Bonchev–Trinajstić information content (AvgIpc) is 3.39. The summed E-state index contributed by atoms with van der Waals surface area (Å²) in [5.74, 6) is -4.22. The molecule has 1 saturated carbocycles. The number of fused-ring (bicyclic) bond motifs is 4. The first-order valence-corrected chi connectivity index (χ1v) is 16.0. The predicted octanol–water partition coefficient (Wildman–Crippen LogP) is 5.83. The number of allylic oxidation sites excluding steroid dienone is 2. The molecule has 3 aromatic carbocycles. The van der Waals surface area contributed by atoms with Gasteiger partial charge in [0.05, 0.1) is 41.2 Å². The third-order valence-corrected chi connectivity index (χ3v) is 10.7. The number of nitrogens with zero attached hydrogens (tertiary/aromatic N) is 2. The number of ether oxygens (including phenoxy) is 1. The van der Waals surface area contributed by atoms with Crippen LogP contribution < -0.4 is 14.5 Å². The van der Waals surface area contributed by atoms with Gasteiger partial charge in [-0.3, -0.25) is 24.1 Å². The maximum absolute atomic E-state index is 14.5. The van der Waals surface area contributed by atoms with Gasteiger partial charge in [0.1, 0.15) is 0 Å². The van der Waals surface area contributed by atoms with Crippen LogP contribution in [-0.2, 0) is 19.2 Å². The molecule has 3 fully saturated rings. The summed E-state index contributed by atoms with van der Waals surface area (Å²) in [4.78, 5) is 59.2. The number of phenols is 1. The first-order valence-electron chi connectivity index (χ1n) is 14.9. The standard InChI is InChI=1S/C35H31IN2O6/c1-3-44-27-11-7-10-24(30(27)39)29-22-16-17-23-28(33(42)37(31(23)40)21-14-12-19(36)13-15-21)25(22)18-26-32(41)38(34(43)35(26,29)2)20-8-5-4-6-9-20/h4-16,23,25-26,28-29,39H,3,17-18H2,1-2H3/t23-,25+,26-,28-,29+,35+/m0/s1. The predicted molar refractivity (Wildman–Crippen MR) is 172 cm³/mol. The second-order valence-electron chi connectivity index (χ2n) is 12.1. The number of anilines is 2. The summed E-state index contributed by atoms with van der Waals surface area (Å²) in [6, 6.07) is 21.3. The highest BCUT2D eigenvalue weighted by Gasteiger charge is 2.68. The van der Waals surface area contributed by atoms with Crippen LogP contribution in [-0.4, -0.2) is 35.3 Å². The number of aromatic hydroxyl groups is 1. The van der Waals surface area contributed by atoms with E-state index in [4.69, 9.17) is 4.74 Å². The van der Waals surface area contributed by atoms with E-state index in [1.54, 1.807) is 61.5 Å². The van der Waals surface area contributed by atoms with Crippen molar-refractivity contribution in [2.45, 2.75) is 32.6 Å². The fourth-order valence-electron chi connectivity index (χ4n) is 8.07. The van der Waals surface area contributed by atoms with Gasteiger partial charge < -0.3 is 9.84 Å². The molecule has 2 saturated heterocycles. The fraction of sp³-hybridized carbons (Fsp3) is 0.314. The number of amides is 4. The number of rotatable bonds is 5. The molecule has 2 heterocycles. The number of para-hydroxylation sites is 2. The van der Waals surface area contributed by atoms with Crippen LogP contribution in [0.15, 0.2) is 84.4 Å². The minimum absolute atomic E-state index is 0.0873. The van der Waals surface area contributed by atoms with Crippen molar-refractivity contribution in [1.82, 2.24) is 0 Å². The Morgan fingerprint density at radius 3 is 2.27 bits per heavy atom. The monoisotopic (exact) mass is 702 g/mol. The maximum atomic E-state index is 14.5. The molecule has 9 heteroatoms. The molecule has 3 aromatic rings. The van der Waals surface area contributed by atoms with Crippen molar-refractivity contribution in [3.63, 3.8) is 0 Å². The number of halogens is 1. The van der Waals surface area contributed by atoms with Gasteiger partial charge in [0, 0.05) is 15.1 Å². The van der Waals surface area contributed by atoms with E-state index < -0.39 is 35.0 Å². The molecule has 0 unspecified atom stereocenters. The normalized spacial score (nSPS) is 29.3. The van der Waals surface area contributed by atoms with E-state index in [-0.39, 0.29) is 41.5 Å². The highest BCUT2D eigenvalue weighted by Crippen LogP contribution is 2.64. The summed E-state index contributed by atoms with van der Waals surface area (Å²) >= 11 is 2.18. The summed E-state index contributed by atoms with van der Waals surface area (Å²) in [7, 11) is 0. The van der Waals surface area contributed by atoms with Crippen molar-refractivity contribution in [2.24, 2.45) is 29.1 Å². The van der Waals surface area contributed by atoms with Gasteiger partial charge in [-0.15, -0.1) is 0 Å². The molecule has 44 heavy (non-hydrogen) atoms. The fourth-order valence-corrected chi connectivity index (χ4v) is 8.43. The minimum Gasteiger partial charge on any atom is -0.504 e. The van der Waals surface area contributed by atoms with Gasteiger partial charge in [0.2, 0.25) is 23.6 Å². The van der Waals surface area contributed by atoms with Crippen molar-refractivity contribution in [3.8, 4) is 11.5 Å². The first kappa shape index (κ1) is 28.8. The van der Waals surface area contributed by atoms with E-state index in [9.17, 15) is 24.3 Å². The molecule has 4 aliphatic rings. The van der Waals surface area contributed by atoms with E-state index in [0.717, 1.165) is 9.14 Å². The zero-order valence-corrected chi connectivity index (χ0v) is 26.4. The molecule has 0 aromatic heterocycles. The molecule has 2 aliphatic heterocycles. The van der Waals surface area contributed by atoms with Crippen molar-refractivity contribution in [1.29, 1.82) is 0 Å². The van der Waals surface area contributed by atoms with Crippen LogP contribution in [0.5, 0.6) is 11.5 Å². The van der Waals surface area contributed by atoms with E-state index in [1.165, 1.54) is 9.80 Å². The lowest BCUT2D eigenvalue weighted by atomic mass is 9.51. The third kappa shape index (κ3) is 4.01. The van der Waals surface area contributed by atoms with Crippen molar-refractivity contribution in [2.75, 3.05) is 16.4 Å². The third-order valence-electron chi connectivity index (χ3n) is 10.0. The first-order chi connectivity index (χ1) is 21.2. The average molecular weight is 703 g/mol. The topological polar surface area (TPSA) is 104 Å². The lowest BCUT2D eigenvalue weighted by molar-refractivity contribution is -0.131. The minimum atomic E-state index is -1.24. The van der Waals surface area contributed by atoms with E-state index in [1.807, 2.05) is 31.2 Å². The summed E-state index contributed by atoms with van der Waals surface area (Å²) in [5.41, 5.74) is 1.05. The van der Waals surface area contributed by atoms with E-state index >= 15 is 0 Å². The number of hydrogen-bond donors (Lipinski definition) is 1. The number of benzene rings is 3. The Labute approximate surface area is 268 Å². The van der Waals surface area contributed by atoms with Crippen molar-refractivity contribution in [3.05, 3.63) is 93.6 Å². The van der Waals surface area contributed by atoms with Gasteiger partial charge in [0.25, 0.3) is 0 Å². The molecule has 6 atom stereocenters. The molecule has 8 nitrogen and oxygen atoms in total. The quantitative estimate of drug-likeness (QED) is 0.204. The van der Waals surface area contributed by atoms with E-state index in [2.05, 4.69) is 22.6 Å². The maximum Gasteiger partial charge on any atom is 0.241 e. The number of phenolic OH excluding ortho intramolecular Hbond substituents is 1. The smallest absolute Gasteiger partial charge is 0.241 e. The zero-order valence-electron chi connectivity index (χ0n) is 24.3. The highest BCUT2D eigenvalue weighted by atomic mass is 127. The van der Waals surface area contributed by atoms with Gasteiger partial charge in [-0.05, 0) is 97.7 Å². The molecular weight excluding hydrogens is 671 g/mol. The zero-order chi connectivity index (χ0) is 30.9. The number of carbonyl (C=O) groups is 4. The lowest BCUT2D eigenvalue weighted by Gasteiger charge is -2.49. The molecule has 0 bridgehead atoms. The molecule has 0 spiro atoms. The number of carbonyl (C=O) groups excluding carboxylic acids is 4. The van der Waals surface area contributed by atoms with Crippen LogP contribution in [0, 0.1) is 32.7 Å². The Bertz CT molecular complexity index is 1740. The summed E-state index contributed by atoms with van der Waals surface area (Å²) in [6.45, 7) is 3.96.